The van der Waals surface area contributed by atoms with E-state index in [4.69, 9.17) is 11.6 Å². The second-order valence-corrected chi connectivity index (χ2v) is 12.2. The number of hydrogen-bond acceptors (Lipinski definition) is 5. The zero-order valence-corrected chi connectivity index (χ0v) is 22.4. The molecule has 5 nitrogen and oxygen atoms in total. The summed E-state index contributed by atoms with van der Waals surface area (Å²) < 4.78 is 23.9. The Bertz CT molecular complexity index is 1390. The van der Waals surface area contributed by atoms with Crippen molar-refractivity contribution in [1.29, 1.82) is 10.5 Å². The Labute approximate surface area is 219 Å². The average Bonchev–Trinajstić information content (AvgIpc) is 2.86. The van der Waals surface area contributed by atoms with Crippen molar-refractivity contribution in [1.82, 2.24) is 5.32 Å². The van der Waals surface area contributed by atoms with Crippen LogP contribution < -0.4 is 5.32 Å². The molecular weight excluding hydrogens is 490 g/mol. The topological polar surface area (TPSA) is 93.8 Å². The van der Waals surface area contributed by atoms with E-state index in [0.717, 1.165) is 16.7 Å². The zero-order valence-electron chi connectivity index (χ0n) is 20.9. The molecule has 0 radical (unpaired) electrons. The highest BCUT2D eigenvalue weighted by molar-refractivity contribution is 7.90. The van der Waals surface area contributed by atoms with Gasteiger partial charge in [0.05, 0.1) is 34.1 Å². The van der Waals surface area contributed by atoms with Crippen LogP contribution in [0.25, 0.3) is 0 Å². The Hall–Kier alpha value is -3.16. The lowest BCUT2D eigenvalue weighted by atomic mass is 9.79. The van der Waals surface area contributed by atoms with Crippen LogP contribution in [0.4, 0.5) is 0 Å². The van der Waals surface area contributed by atoms with Crippen molar-refractivity contribution in [2.24, 2.45) is 5.41 Å². The minimum atomic E-state index is -3.32. The average molecular weight is 520 g/mol. The maximum Gasteiger partial charge on any atom is 0.175 e. The fourth-order valence-corrected chi connectivity index (χ4v) is 5.13. The van der Waals surface area contributed by atoms with Crippen LogP contribution in [0.15, 0.2) is 77.7 Å². The van der Waals surface area contributed by atoms with Gasteiger partial charge in [0.15, 0.2) is 9.84 Å². The van der Waals surface area contributed by atoms with Gasteiger partial charge >= 0.3 is 0 Å². The molecule has 0 aliphatic heterocycles. The summed E-state index contributed by atoms with van der Waals surface area (Å²) in [5, 5.41) is 23.8. The van der Waals surface area contributed by atoms with Crippen LogP contribution in [0, 0.1) is 28.1 Å². The molecule has 3 aromatic rings. The first kappa shape index (κ1) is 27.4. The zero-order chi connectivity index (χ0) is 26.5. The number of nitriles is 2. The number of benzene rings is 3. The molecule has 0 fully saturated rings. The van der Waals surface area contributed by atoms with Gasteiger partial charge in [-0.2, -0.15) is 10.5 Å². The Morgan fingerprint density at radius 1 is 0.972 bits per heavy atom. The van der Waals surface area contributed by atoms with Crippen molar-refractivity contribution in [3.63, 3.8) is 0 Å². The van der Waals surface area contributed by atoms with Crippen LogP contribution >= 0.6 is 11.6 Å². The third-order valence-corrected chi connectivity index (χ3v) is 7.88. The van der Waals surface area contributed by atoms with Crippen molar-refractivity contribution < 1.29 is 8.42 Å². The lowest BCUT2D eigenvalue weighted by Gasteiger charge is -2.36. The summed E-state index contributed by atoms with van der Waals surface area (Å²) in [6.45, 7) is 5.81. The second kappa shape index (κ2) is 11.3. The van der Waals surface area contributed by atoms with Crippen molar-refractivity contribution in [3.8, 4) is 12.1 Å². The number of sulfone groups is 1. The van der Waals surface area contributed by atoms with E-state index in [1.165, 1.54) is 6.26 Å². The molecule has 7 heteroatoms. The van der Waals surface area contributed by atoms with E-state index in [-0.39, 0.29) is 22.9 Å². The van der Waals surface area contributed by atoms with Crippen LogP contribution in [0.5, 0.6) is 0 Å². The SMILES string of the molecule is CC(N[C@@H](c1ccc(S(C)(=O)=O)cc1)C(C)(C)C#N)C(Cc1ccc(Cl)cc1)c1cccc(C#N)c1. The van der Waals surface area contributed by atoms with E-state index in [9.17, 15) is 18.9 Å². The maximum atomic E-state index is 11.9. The van der Waals surface area contributed by atoms with E-state index in [0.29, 0.717) is 17.0 Å². The van der Waals surface area contributed by atoms with Gasteiger partial charge in [-0.05, 0) is 80.3 Å². The van der Waals surface area contributed by atoms with E-state index in [2.05, 4.69) is 24.4 Å². The van der Waals surface area contributed by atoms with Gasteiger partial charge in [0.2, 0.25) is 0 Å². The Balaban J connectivity index is 2.00. The summed E-state index contributed by atoms with van der Waals surface area (Å²) in [4.78, 5) is 0.238. The molecular formula is C29H30ClN3O2S. The largest absolute Gasteiger partial charge is 0.305 e. The molecule has 0 amide bonds. The van der Waals surface area contributed by atoms with Crippen LogP contribution in [-0.2, 0) is 16.3 Å². The third kappa shape index (κ3) is 6.74. The number of rotatable bonds is 9. The van der Waals surface area contributed by atoms with Gasteiger partial charge in [0, 0.05) is 23.2 Å². The molecule has 0 saturated carbocycles. The van der Waals surface area contributed by atoms with Gasteiger partial charge in [0.25, 0.3) is 0 Å². The van der Waals surface area contributed by atoms with Crippen molar-refractivity contribution in [2.45, 2.75) is 50.1 Å². The predicted molar refractivity (Wildman–Crippen MR) is 143 cm³/mol. The molecule has 3 rings (SSSR count). The Morgan fingerprint density at radius 3 is 2.17 bits per heavy atom. The molecule has 0 aliphatic carbocycles. The monoisotopic (exact) mass is 519 g/mol. The van der Waals surface area contributed by atoms with Gasteiger partial charge in [0.1, 0.15) is 0 Å². The van der Waals surface area contributed by atoms with Gasteiger partial charge in [-0.25, -0.2) is 8.42 Å². The van der Waals surface area contributed by atoms with Gasteiger partial charge in [-0.15, -0.1) is 0 Å². The van der Waals surface area contributed by atoms with Gasteiger partial charge < -0.3 is 5.32 Å². The molecule has 36 heavy (non-hydrogen) atoms. The van der Waals surface area contributed by atoms with Crippen molar-refractivity contribution in [3.05, 3.63) is 100 Å². The minimum absolute atomic E-state index is 0.00763. The summed E-state index contributed by atoms with van der Waals surface area (Å²) >= 11 is 6.09. The smallest absolute Gasteiger partial charge is 0.175 e. The van der Waals surface area contributed by atoms with E-state index in [1.807, 2.05) is 56.3 Å². The molecule has 0 saturated heterocycles. The summed E-state index contributed by atoms with van der Waals surface area (Å²) in [6, 6.07) is 26.2. The molecule has 186 valence electrons. The van der Waals surface area contributed by atoms with Crippen LogP contribution in [0.1, 0.15) is 55.0 Å². The molecule has 2 unspecified atom stereocenters. The summed E-state index contributed by atoms with van der Waals surface area (Å²) in [7, 11) is -3.32. The fourth-order valence-electron chi connectivity index (χ4n) is 4.37. The highest BCUT2D eigenvalue weighted by atomic mass is 35.5. The lowest BCUT2D eigenvalue weighted by molar-refractivity contribution is 0.281. The standard InChI is InChI=1S/C29H30ClN3O2S/c1-20(33-28(29(2,3)19-32)23-10-14-26(15-11-23)36(4,34)35)27(17-21-8-12-25(30)13-9-21)24-7-5-6-22(16-24)18-31/h5-16,20,27-28,33H,17H2,1-4H3/t20?,27?,28-/m0/s1. The van der Waals surface area contributed by atoms with E-state index in [1.54, 1.807) is 30.3 Å². The Morgan fingerprint density at radius 2 is 1.61 bits per heavy atom. The van der Waals surface area contributed by atoms with Crippen LogP contribution in [0.2, 0.25) is 5.02 Å². The number of nitrogens with one attached hydrogen (secondary N) is 1. The molecule has 1 N–H and O–H groups in total. The van der Waals surface area contributed by atoms with Crippen molar-refractivity contribution in [2.75, 3.05) is 6.26 Å². The maximum absolute atomic E-state index is 11.9. The highest BCUT2D eigenvalue weighted by Crippen LogP contribution is 2.36. The second-order valence-electron chi connectivity index (χ2n) is 9.74. The van der Waals surface area contributed by atoms with Crippen LogP contribution in [0.3, 0.4) is 0 Å². The first-order valence-corrected chi connectivity index (χ1v) is 13.9. The molecule has 0 heterocycles. The summed E-state index contributed by atoms with van der Waals surface area (Å²) in [5.41, 5.74) is 2.77. The molecule has 0 spiro atoms. The molecule has 0 aromatic heterocycles. The number of hydrogen-bond donors (Lipinski definition) is 1. The van der Waals surface area contributed by atoms with Crippen molar-refractivity contribution >= 4 is 21.4 Å². The third-order valence-electron chi connectivity index (χ3n) is 6.50. The van der Waals surface area contributed by atoms with Gasteiger partial charge in [-0.3, -0.25) is 0 Å². The summed E-state index contributed by atoms with van der Waals surface area (Å²) in [6.07, 6.45) is 1.88. The molecule has 0 bridgehead atoms. The molecule has 0 aliphatic rings. The first-order valence-electron chi connectivity index (χ1n) is 11.7. The van der Waals surface area contributed by atoms with E-state index < -0.39 is 15.3 Å². The quantitative estimate of drug-likeness (QED) is 0.362. The molecule has 3 aromatic carbocycles. The minimum Gasteiger partial charge on any atom is -0.305 e. The Kier molecular flexibility index (Phi) is 8.59. The van der Waals surface area contributed by atoms with E-state index >= 15 is 0 Å². The number of halogens is 1. The first-order chi connectivity index (χ1) is 16.9. The normalized spacial score (nSPS) is 14.3. The van der Waals surface area contributed by atoms with Gasteiger partial charge in [-0.1, -0.05) is 48.0 Å². The lowest BCUT2D eigenvalue weighted by Crippen LogP contribution is -2.42. The number of nitrogens with zero attached hydrogens (tertiary/aromatic N) is 2. The molecule has 3 atom stereocenters. The van der Waals surface area contributed by atoms with Crippen LogP contribution in [-0.4, -0.2) is 20.7 Å². The fraction of sp³-hybridized carbons (Fsp3) is 0.310. The predicted octanol–water partition coefficient (Wildman–Crippen LogP) is 6.21. The summed E-state index contributed by atoms with van der Waals surface area (Å²) in [5.74, 6) is -0.00763. The highest BCUT2D eigenvalue weighted by Gasteiger charge is 2.34.